The van der Waals surface area contributed by atoms with Gasteiger partial charge in [0.25, 0.3) is 5.91 Å². The summed E-state index contributed by atoms with van der Waals surface area (Å²) in [6.07, 6.45) is 7.06. The molecule has 0 saturated carbocycles. The molecule has 1 amide bonds. The van der Waals surface area contributed by atoms with Crippen molar-refractivity contribution in [2.24, 2.45) is 0 Å². The Balaban J connectivity index is 1.98. The Morgan fingerprint density at radius 3 is 2.28 bits per heavy atom. The van der Waals surface area contributed by atoms with Crippen molar-refractivity contribution in [2.75, 3.05) is 44.2 Å². The second-order valence-corrected chi connectivity index (χ2v) is 10.0. The van der Waals surface area contributed by atoms with Crippen molar-refractivity contribution >= 4 is 21.6 Å². The van der Waals surface area contributed by atoms with Crippen LogP contribution in [-0.2, 0) is 10.0 Å². The highest BCUT2D eigenvalue weighted by Gasteiger charge is 2.29. The minimum Gasteiger partial charge on any atom is -0.371 e. The molecule has 0 unspecified atom stereocenters. The Labute approximate surface area is 175 Å². The van der Waals surface area contributed by atoms with Gasteiger partial charge in [-0.25, -0.2) is 8.42 Å². The smallest absolute Gasteiger partial charge is 0.255 e. The van der Waals surface area contributed by atoms with Gasteiger partial charge in [-0.3, -0.25) is 4.79 Å². The van der Waals surface area contributed by atoms with E-state index in [9.17, 15) is 13.2 Å². The van der Waals surface area contributed by atoms with Crippen molar-refractivity contribution in [1.29, 1.82) is 0 Å². The highest BCUT2D eigenvalue weighted by atomic mass is 32.2. The molecular formula is C22H35N3O3S. The van der Waals surface area contributed by atoms with E-state index < -0.39 is 10.0 Å². The van der Waals surface area contributed by atoms with E-state index in [0.29, 0.717) is 31.7 Å². The average Bonchev–Trinajstić information content (AvgIpc) is 3.29. The van der Waals surface area contributed by atoms with E-state index in [1.54, 1.807) is 16.4 Å². The highest BCUT2D eigenvalue weighted by Crippen LogP contribution is 2.30. The molecule has 29 heavy (non-hydrogen) atoms. The first kappa shape index (κ1) is 22.1. The molecule has 2 aliphatic heterocycles. The molecule has 2 fully saturated rings. The topological polar surface area (TPSA) is 60.9 Å². The first-order chi connectivity index (χ1) is 14.0. The minimum atomic E-state index is -3.56. The normalized spacial score (nSPS) is 18.2. The molecule has 6 nitrogen and oxygen atoms in total. The predicted molar refractivity (Wildman–Crippen MR) is 117 cm³/mol. The van der Waals surface area contributed by atoms with Crippen LogP contribution in [0, 0.1) is 0 Å². The third-order valence-corrected chi connectivity index (χ3v) is 7.94. The lowest BCUT2D eigenvalue weighted by molar-refractivity contribution is 0.0762. The summed E-state index contributed by atoms with van der Waals surface area (Å²) in [5.74, 6) is -0.0569. The van der Waals surface area contributed by atoms with Gasteiger partial charge in [-0.15, -0.1) is 0 Å². The summed E-state index contributed by atoms with van der Waals surface area (Å²) in [6.45, 7) is 8.39. The fourth-order valence-corrected chi connectivity index (χ4v) is 5.80. The molecule has 1 aromatic rings. The molecule has 2 heterocycles. The molecule has 2 aliphatic rings. The van der Waals surface area contributed by atoms with E-state index >= 15 is 0 Å². The fraction of sp³-hybridized carbons (Fsp3) is 0.682. The number of carbonyl (C=O) groups excluding carboxylic acids is 1. The van der Waals surface area contributed by atoms with E-state index in [0.717, 1.165) is 63.7 Å². The number of anilines is 1. The molecule has 0 aliphatic carbocycles. The van der Waals surface area contributed by atoms with Gasteiger partial charge < -0.3 is 9.80 Å². The van der Waals surface area contributed by atoms with Gasteiger partial charge in [0.05, 0.1) is 10.5 Å². The zero-order chi connectivity index (χ0) is 20.9. The maximum Gasteiger partial charge on any atom is 0.255 e. The van der Waals surface area contributed by atoms with E-state index in [1.807, 2.05) is 17.9 Å². The van der Waals surface area contributed by atoms with Gasteiger partial charge in [0.1, 0.15) is 0 Å². The molecule has 0 atom stereocenters. The van der Waals surface area contributed by atoms with Crippen molar-refractivity contribution in [3.8, 4) is 0 Å². The van der Waals surface area contributed by atoms with Crippen LogP contribution in [0.3, 0.4) is 0 Å². The zero-order valence-corrected chi connectivity index (χ0v) is 18.7. The number of benzene rings is 1. The Kier molecular flexibility index (Phi) is 7.57. The van der Waals surface area contributed by atoms with Crippen LogP contribution in [0.2, 0.25) is 0 Å². The lowest BCUT2D eigenvalue weighted by Crippen LogP contribution is -2.36. The van der Waals surface area contributed by atoms with Crippen molar-refractivity contribution in [2.45, 2.75) is 63.7 Å². The molecule has 0 N–H and O–H groups in total. The van der Waals surface area contributed by atoms with Gasteiger partial charge in [0.15, 0.2) is 0 Å². The van der Waals surface area contributed by atoms with Gasteiger partial charge in [0.2, 0.25) is 10.0 Å². The number of sulfonamides is 1. The Morgan fingerprint density at radius 2 is 1.66 bits per heavy atom. The van der Waals surface area contributed by atoms with Crippen LogP contribution in [0.15, 0.2) is 23.1 Å². The SMILES string of the molecule is CCCCN(CC)C(=O)c1cc(S(=O)(=O)N2CCCCC2)ccc1N1CCCC1. The second-order valence-electron chi connectivity index (χ2n) is 8.08. The molecule has 0 spiro atoms. The van der Waals surface area contributed by atoms with Gasteiger partial charge in [-0.2, -0.15) is 4.31 Å². The number of piperidine rings is 1. The predicted octanol–water partition coefficient (Wildman–Crippen LogP) is 3.72. The van der Waals surface area contributed by atoms with Crippen LogP contribution in [0.4, 0.5) is 5.69 Å². The van der Waals surface area contributed by atoms with Crippen molar-refractivity contribution in [1.82, 2.24) is 9.21 Å². The summed E-state index contributed by atoms with van der Waals surface area (Å²) >= 11 is 0. The van der Waals surface area contributed by atoms with E-state index in [-0.39, 0.29) is 10.8 Å². The van der Waals surface area contributed by atoms with Crippen molar-refractivity contribution < 1.29 is 13.2 Å². The summed E-state index contributed by atoms with van der Waals surface area (Å²) in [5.41, 5.74) is 1.41. The molecule has 0 radical (unpaired) electrons. The fourth-order valence-electron chi connectivity index (χ4n) is 4.26. The van der Waals surface area contributed by atoms with E-state index in [2.05, 4.69) is 11.8 Å². The minimum absolute atomic E-state index is 0.0569. The summed E-state index contributed by atoms with van der Waals surface area (Å²) in [4.78, 5) is 17.7. The number of amides is 1. The first-order valence-corrected chi connectivity index (χ1v) is 12.6. The largest absolute Gasteiger partial charge is 0.371 e. The molecule has 162 valence electrons. The molecule has 3 rings (SSSR count). The third kappa shape index (κ3) is 4.94. The second kappa shape index (κ2) is 9.94. The Hall–Kier alpha value is -1.60. The summed E-state index contributed by atoms with van der Waals surface area (Å²) in [7, 11) is -3.56. The quantitative estimate of drug-likeness (QED) is 0.642. The highest BCUT2D eigenvalue weighted by molar-refractivity contribution is 7.89. The Morgan fingerprint density at radius 1 is 1.00 bits per heavy atom. The lowest BCUT2D eigenvalue weighted by atomic mass is 10.1. The standard InChI is InChI=1S/C22H35N3O3S/c1-3-5-13-23(4-2)22(26)20-18-19(11-12-21(20)24-14-9-10-15-24)29(27,28)25-16-7-6-8-17-25/h11-12,18H,3-10,13-17H2,1-2H3. The number of carbonyl (C=O) groups is 1. The molecule has 2 saturated heterocycles. The van der Waals surface area contributed by atoms with Gasteiger partial charge in [-0.1, -0.05) is 19.8 Å². The van der Waals surface area contributed by atoms with Crippen LogP contribution in [-0.4, -0.2) is 62.8 Å². The van der Waals surface area contributed by atoms with E-state index in [4.69, 9.17) is 0 Å². The maximum atomic E-state index is 13.4. The van der Waals surface area contributed by atoms with Crippen molar-refractivity contribution in [3.05, 3.63) is 23.8 Å². The number of rotatable bonds is 8. The van der Waals surface area contributed by atoms with Gasteiger partial charge >= 0.3 is 0 Å². The van der Waals surface area contributed by atoms with E-state index in [1.165, 1.54) is 0 Å². The number of hydrogen-bond donors (Lipinski definition) is 0. The van der Waals surface area contributed by atoms with Gasteiger partial charge in [-0.05, 0) is 57.2 Å². The van der Waals surface area contributed by atoms with Crippen molar-refractivity contribution in [3.63, 3.8) is 0 Å². The van der Waals surface area contributed by atoms with Crippen LogP contribution in [0.25, 0.3) is 0 Å². The Bertz CT molecular complexity index is 798. The number of nitrogens with zero attached hydrogens (tertiary/aromatic N) is 3. The summed E-state index contributed by atoms with van der Waals surface area (Å²) in [5, 5.41) is 0. The molecular weight excluding hydrogens is 386 g/mol. The summed E-state index contributed by atoms with van der Waals surface area (Å²) in [6, 6.07) is 5.17. The molecule has 0 aromatic heterocycles. The zero-order valence-electron chi connectivity index (χ0n) is 17.9. The molecule has 7 heteroatoms. The van der Waals surface area contributed by atoms with Gasteiger partial charge in [0, 0.05) is 45.0 Å². The monoisotopic (exact) mass is 421 g/mol. The number of unbranched alkanes of at least 4 members (excludes halogenated alkanes) is 1. The average molecular weight is 422 g/mol. The molecule has 1 aromatic carbocycles. The van der Waals surface area contributed by atoms with Crippen LogP contribution in [0.1, 0.15) is 69.2 Å². The van der Waals surface area contributed by atoms with Crippen LogP contribution in [0.5, 0.6) is 0 Å². The van der Waals surface area contributed by atoms with Crippen LogP contribution < -0.4 is 4.90 Å². The summed E-state index contributed by atoms with van der Waals surface area (Å²) < 4.78 is 28.0. The first-order valence-electron chi connectivity index (χ1n) is 11.2. The molecule has 0 bridgehead atoms. The van der Waals surface area contributed by atoms with Crippen LogP contribution >= 0.6 is 0 Å². The third-order valence-electron chi connectivity index (χ3n) is 6.05. The maximum absolute atomic E-state index is 13.4. The lowest BCUT2D eigenvalue weighted by Gasteiger charge is -2.28. The number of hydrogen-bond acceptors (Lipinski definition) is 4.